The van der Waals surface area contributed by atoms with Crippen LogP contribution in [0.3, 0.4) is 0 Å². The molecule has 0 bridgehead atoms. The van der Waals surface area contributed by atoms with Gasteiger partial charge in [-0.2, -0.15) is 0 Å². The number of hydrogen-bond donors (Lipinski definition) is 2. The molecule has 3 atom stereocenters. The van der Waals surface area contributed by atoms with Crippen molar-refractivity contribution in [1.82, 2.24) is 10.2 Å². The zero-order chi connectivity index (χ0) is 19.7. The number of hydrogen-bond acceptors (Lipinski definition) is 3. The van der Waals surface area contributed by atoms with Gasteiger partial charge >= 0.3 is 0 Å². The third kappa shape index (κ3) is 3.72. The van der Waals surface area contributed by atoms with Crippen molar-refractivity contribution >= 4 is 17.5 Å². The van der Waals surface area contributed by atoms with Gasteiger partial charge in [0, 0.05) is 18.7 Å². The van der Waals surface area contributed by atoms with Crippen molar-refractivity contribution in [3.63, 3.8) is 0 Å². The van der Waals surface area contributed by atoms with Crippen LogP contribution in [0.25, 0.3) is 0 Å². The van der Waals surface area contributed by atoms with Crippen LogP contribution in [-0.4, -0.2) is 29.3 Å². The molecule has 0 spiro atoms. The highest BCUT2D eigenvalue weighted by Crippen LogP contribution is 2.29. The zero-order valence-corrected chi connectivity index (χ0v) is 15.8. The van der Waals surface area contributed by atoms with E-state index in [1.54, 1.807) is 12.1 Å². The van der Waals surface area contributed by atoms with E-state index in [1.165, 1.54) is 12.1 Å². The summed E-state index contributed by atoms with van der Waals surface area (Å²) < 4.78 is 13.2. The van der Waals surface area contributed by atoms with Gasteiger partial charge in [-0.25, -0.2) is 4.39 Å². The topological polar surface area (TPSA) is 61.4 Å². The van der Waals surface area contributed by atoms with Gasteiger partial charge in [0.25, 0.3) is 0 Å². The molecule has 2 amide bonds. The molecule has 2 aliphatic rings. The van der Waals surface area contributed by atoms with Crippen molar-refractivity contribution in [2.75, 3.05) is 11.9 Å². The van der Waals surface area contributed by atoms with Crippen molar-refractivity contribution in [2.24, 2.45) is 0 Å². The molecule has 3 unspecified atom stereocenters. The number of amides is 2. The van der Waals surface area contributed by atoms with Gasteiger partial charge in [-0.1, -0.05) is 24.3 Å². The fourth-order valence-electron chi connectivity index (χ4n) is 4.05. The summed E-state index contributed by atoms with van der Waals surface area (Å²) in [6.45, 7) is 2.63. The molecular formula is C22H24FN3O2. The standard InChI is InChI=1S/C22H24FN3O2/c1-14(15-5-7-17(23)8-6-15)26-12-11-20(22(26)28)24-18-4-2-3-16(13-18)19-9-10-21(27)25-19/h2-8,13-14,19-20,24H,9-12H2,1H3,(H,25,27). The van der Waals surface area contributed by atoms with Crippen LogP contribution in [0.15, 0.2) is 48.5 Å². The van der Waals surface area contributed by atoms with Gasteiger partial charge in [0.05, 0.1) is 12.1 Å². The molecule has 6 heteroatoms. The van der Waals surface area contributed by atoms with E-state index in [1.807, 2.05) is 36.1 Å². The average molecular weight is 381 g/mol. The molecule has 0 radical (unpaired) electrons. The second-order valence-electron chi connectivity index (χ2n) is 7.53. The monoisotopic (exact) mass is 381 g/mol. The molecule has 2 aromatic carbocycles. The highest BCUT2D eigenvalue weighted by atomic mass is 19.1. The smallest absolute Gasteiger partial charge is 0.245 e. The van der Waals surface area contributed by atoms with Gasteiger partial charge in [0.15, 0.2) is 0 Å². The zero-order valence-electron chi connectivity index (χ0n) is 15.8. The highest BCUT2D eigenvalue weighted by Gasteiger charge is 2.35. The third-order valence-corrected chi connectivity index (χ3v) is 5.68. The van der Waals surface area contributed by atoms with E-state index in [0.29, 0.717) is 13.0 Å². The van der Waals surface area contributed by atoms with E-state index in [-0.39, 0.29) is 35.8 Å². The Kier molecular flexibility index (Phi) is 5.03. The predicted molar refractivity (Wildman–Crippen MR) is 105 cm³/mol. The summed E-state index contributed by atoms with van der Waals surface area (Å²) in [4.78, 5) is 26.2. The number of halogens is 1. The molecule has 28 heavy (non-hydrogen) atoms. The summed E-state index contributed by atoms with van der Waals surface area (Å²) in [5.74, 6) is -0.141. The summed E-state index contributed by atoms with van der Waals surface area (Å²) in [5, 5.41) is 6.32. The predicted octanol–water partition coefficient (Wildman–Crippen LogP) is 3.55. The lowest BCUT2D eigenvalue weighted by atomic mass is 10.0. The van der Waals surface area contributed by atoms with E-state index < -0.39 is 0 Å². The minimum absolute atomic E-state index is 0.0449. The Labute approximate surface area is 163 Å². The fraction of sp³-hybridized carbons (Fsp3) is 0.364. The van der Waals surface area contributed by atoms with E-state index in [9.17, 15) is 14.0 Å². The number of rotatable bonds is 5. The Morgan fingerprint density at radius 3 is 2.64 bits per heavy atom. The summed E-state index contributed by atoms with van der Waals surface area (Å²) >= 11 is 0. The molecule has 2 aromatic rings. The van der Waals surface area contributed by atoms with Crippen molar-refractivity contribution in [1.29, 1.82) is 0 Å². The lowest BCUT2D eigenvalue weighted by Crippen LogP contribution is -2.35. The lowest BCUT2D eigenvalue weighted by Gasteiger charge is -2.25. The Hall–Kier alpha value is -2.89. The van der Waals surface area contributed by atoms with Gasteiger partial charge < -0.3 is 15.5 Å². The number of anilines is 1. The van der Waals surface area contributed by atoms with E-state index in [4.69, 9.17) is 0 Å². The van der Waals surface area contributed by atoms with Crippen LogP contribution in [-0.2, 0) is 9.59 Å². The lowest BCUT2D eigenvalue weighted by molar-refractivity contribution is -0.130. The second-order valence-corrected chi connectivity index (χ2v) is 7.53. The molecule has 0 aromatic heterocycles. The summed E-state index contributed by atoms with van der Waals surface area (Å²) in [6, 6.07) is 13.9. The Morgan fingerprint density at radius 1 is 1.14 bits per heavy atom. The van der Waals surface area contributed by atoms with Gasteiger partial charge in [-0.05, 0) is 55.2 Å². The molecular weight excluding hydrogens is 357 g/mol. The third-order valence-electron chi connectivity index (χ3n) is 5.68. The van der Waals surface area contributed by atoms with Crippen molar-refractivity contribution in [3.8, 4) is 0 Å². The Bertz CT molecular complexity index is 884. The summed E-state index contributed by atoms with van der Waals surface area (Å²) in [7, 11) is 0. The van der Waals surface area contributed by atoms with Gasteiger partial charge in [-0.3, -0.25) is 9.59 Å². The Balaban J connectivity index is 1.43. The number of carbonyl (C=O) groups excluding carboxylic acids is 2. The molecule has 0 aliphatic carbocycles. The molecule has 2 aliphatic heterocycles. The van der Waals surface area contributed by atoms with Crippen LogP contribution in [0.4, 0.5) is 10.1 Å². The van der Waals surface area contributed by atoms with E-state index >= 15 is 0 Å². The first-order chi connectivity index (χ1) is 13.5. The first-order valence-corrected chi connectivity index (χ1v) is 9.73. The maximum absolute atomic E-state index is 13.2. The molecule has 2 fully saturated rings. The SMILES string of the molecule is CC(c1ccc(F)cc1)N1CCC(Nc2cccc(C3CCC(=O)N3)c2)C1=O. The minimum atomic E-state index is -0.281. The van der Waals surface area contributed by atoms with Gasteiger partial charge in [-0.15, -0.1) is 0 Å². The first kappa shape index (κ1) is 18.5. The first-order valence-electron chi connectivity index (χ1n) is 9.73. The van der Waals surface area contributed by atoms with Crippen molar-refractivity contribution in [3.05, 3.63) is 65.5 Å². The minimum Gasteiger partial charge on any atom is -0.374 e. The number of carbonyl (C=O) groups is 2. The molecule has 0 saturated carbocycles. The number of likely N-dealkylation sites (tertiary alicyclic amines) is 1. The molecule has 5 nitrogen and oxygen atoms in total. The number of nitrogens with one attached hydrogen (secondary N) is 2. The van der Waals surface area contributed by atoms with Crippen LogP contribution < -0.4 is 10.6 Å². The molecule has 146 valence electrons. The largest absolute Gasteiger partial charge is 0.374 e. The van der Waals surface area contributed by atoms with Crippen LogP contribution in [0.2, 0.25) is 0 Å². The van der Waals surface area contributed by atoms with Crippen molar-refractivity contribution in [2.45, 2.75) is 44.3 Å². The maximum atomic E-state index is 13.2. The molecule has 4 rings (SSSR count). The highest BCUT2D eigenvalue weighted by molar-refractivity contribution is 5.87. The molecule has 2 N–H and O–H groups in total. The number of nitrogens with zero attached hydrogens (tertiary/aromatic N) is 1. The van der Waals surface area contributed by atoms with Crippen LogP contribution >= 0.6 is 0 Å². The molecule has 2 heterocycles. The summed E-state index contributed by atoms with van der Waals surface area (Å²) in [6.07, 6.45) is 2.07. The van der Waals surface area contributed by atoms with Crippen LogP contribution in [0, 0.1) is 5.82 Å². The van der Waals surface area contributed by atoms with Gasteiger partial charge in [0.2, 0.25) is 11.8 Å². The fourth-order valence-corrected chi connectivity index (χ4v) is 4.05. The Morgan fingerprint density at radius 2 is 1.93 bits per heavy atom. The normalized spacial score (nSPS) is 23.0. The van der Waals surface area contributed by atoms with E-state index in [2.05, 4.69) is 10.6 Å². The average Bonchev–Trinajstić information content (AvgIpc) is 3.28. The second kappa shape index (κ2) is 7.62. The van der Waals surface area contributed by atoms with Crippen molar-refractivity contribution < 1.29 is 14.0 Å². The maximum Gasteiger partial charge on any atom is 0.245 e. The molecule has 2 saturated heterocycles. The summed E-state index contributed by atoms with van der Waals surface area (Å²) in [5.41, 5.74) is 2.86. The quantitative estimate of drug-likeness (QED) is 0.833. The van der Waals surface area contributed by atoms with Crippen LogP contribution in [0.5, 0.6) is 0 Å². The van der Waals surface area contributed by atoms with Crippen LogP contribution in [0.1, 0.15) is 49.4 Å². The van der Waals surface area contributed by atoms with E-state index in [0.717, 1.165) is 29.7 Å². The number of benzene rings is 2. The van der Waals surface area contributed by atoms with Gasteiger partial charge in [0.1, 0.15) is 11.9 Å².